The van der Waals surface area contributed by atoms with E-state index in [0.29, 0.717) is 18.8 Å². The van der Waals surface area contributed by atoms with Crippen molar-refractivity contribution in [2.24, 2.45) is 0 Å². The maximum absolute atomic E-state index is 12.4. The lowest BCUT2D eigenvalue weighted by Crippen LogP contribution is -2.24. The lowest BCUT2D eigenvalue weighted by atomic mass is 10.3. The largest absolute Gasteiger partial charge is 0.378 e. The number of hydrogen-bond acceptors (Lipinski definition) is 6. The maximum atomic E-state index is 12.4. The Hall–Kier alpha value is -1.77. The number of hydrogen-bond donors (Lipinski definition) is 1. The van der Waals surface area contributed by atoms with E-state index in [2.05, 4.69) is 15.3 Å². The molecule has 3 rings (SSSR count). The number of carbonyl (C=O) groups is 1. The topological polar surface area (TPSA) is 68.5 Å². The molecular formula is C14H16N4O2S2. The van der Waals surface area contributed by atoms with Crippen molar-refractivity contribution in [1.29, 1.82) is 0 Å². The van der Waals surface area contributed by atoms with E-state index < -0.39 is 0 Å². The minimum atomic E-state index is -0.121. The molecule has 0 radical (unpaired) electrons. The first-order chi connectivity index (χ1) is 10.6. The number of ether oxygens (including phenoxy) is 1. The number of rotatable bonds is 5. The smallest absolute Gasteiger partial charge is 0.270 e. The minimum absolute atomic E-state index is 0.121. The van der Waals surface area contributed by atoms with Gasteiger partial charge in [0, 0.05) is 23.6 Å². The molecule has 0 atom stereocenters. The van der Waals surface area contributed by atoms with E-state index in [9.17, 15) is 4.79 Å². The summed E-state index contributed by atoms with van der Waals surface area (Å²) in [4.78, 5) is 23.1. The van der Waals surface area contributed by atoms with Gasteiger partial charge in [-0.25, -0.2) is 9.97 Å². The van der Waals surface area contributed by atoms with Gasteiger partial charge in [-0.15, -0.1) is 22.7 Å². The number of imidazole rings is 1. The van der Waals surface area contributed by atoms with Crippen LogP contribution in [0.3, 0.4) is 0 Å². The molecule has 0 fully saturated rings. The van der Waals surface area contributed by atoms with Crippen LogP contribution in [0.5, 0.6) is 0 Å². The van der Waals surface area contributed by atoms with E-state index >= 15 is 0 Å². The first kappa shape index (κ1) is 15.1. The third-order valence-corrected chi connectivity index (χ3v) is 5.15. The Morgan fingerprint density at radius 3 is 2.95 bits per heavy atom. The molecule has 8 heteroatoms. The van der Waals surface area contributed by atoms with Crippen LogP contribution in [-0.2, 0) is 17.9 Å². The van der Waals surface area contributed by atoms with E-state index in [1.165, 1.54) is 11.3 Å². The lowest BCUT2D eigenvalue weighted by molar-refractivity contribution is 0.0945. The molecule has 0 aliphatic rings. The highest BCUT2D eigenvalue weighted by molar-refractivity contribution is 7.15. The molecule has 1 N–H and O–H groups in total. The van der Waals surface area contributed by atoms with Gasteiger partial charge in [0.2, 0.25) is 0 Å². The number of nitrogens with one attached hydrogen (secondary N) is 1. The summed E-state index contributed by atoms with van der Waals surface area (Å²) >= 11 is 3.08. The van der Waals surface area contributed by atoms with Crippen molar-refractivity contribution < 1.29 is 9.53 Å². The summed E-state index contributed by atoms with van der Waals surface area (Å²) < 4.78 is 6.91. The average Bonchev–Trinajstić information content (AvgIpc) is 3.11. The molecule has 0 bridgehead atoms. The molecule has 0 aliphatic carbocycles. The standard InChI is InChI=1S/C14H16N4O2S2/c1-8-10(22-11(16-8)7-20-3)6-15-13(19)12-9(2)17-14-18(12)4-5-21-14/h4-5H,6-7H2,1-3H3,(H,15,19). The predicted molar refractivity (Wildman–Crippen MR) is 86.5 cm³/mol. The molecule has 3 heterocycles. The van der Waals surface area contributed by atoms with Crippen LogP contribution >= 0.6 is 22.7 Å². The molecule has 22 heavy (non-hydrogen) atoms. The van der Waals surface area contributed by atoms with Gasteiger partial charge in [0.1, 0.15) is 10.7 Å². The second kappa shape index (κ2) is 6.15. The zero-order valence-electron chi connectivity index (χ0n) is 12.5. The third kappa shape index (κ3) is 2.77. The number of nitrogens with zero attached hydrogens (tertiary/aromatic N) is 3. The number of amides is 1. The molecule has 1 amide bonds. The normalized spacial score (nSPS) is 11.2. The molecule has 0 unspecified atom stereocenters. The molecule has 116 valence electrons. The molecule has 0 aliphatic heterocycles. The molecule has 6 nitrogen and oxygen atoms in total. The first-order valence-electron chi connectivity index (χ1n) is 6.74. The van der Waals surface area contributed by atoms with Crippen LogP contribution < -0.4 is 5.32 Å². The Labute approximate surface area is 135 Å². The SMILES string of the molecule is COCc1nc(C)c(CNC(=O)c2c(C)nc3sccn23)s1. The Balaban J connectivity index is 1.75. The van der Waals surface area contributed by atoms with Gasteiger partial charge in [0.25, 0.3) is 5.91 Å². The summed E-state index contributed by atoms with van der Waals surface area (Å²) in [5.74, 6) is -0.121. The Morgan fingerprint density at radius 2 is 2.18 bits per heavy atom. The van der Waals surface area contributed by atoms with Gasteiger partial charge in [0.05, 0.1) is 24.5 Å². The molecule has 0 saturated heterocycles. The Morgan fingerprint density at radius 1 is 1.36 bits per heavy atom. The van der Waals surface area contributed by atoms with Crippen LogP contribution in [-0.4, -0.2) is 27.4 Å². The number of thiazole rings is 2. The summed E-state index contributed by atoms with van der Waals surface area (Å²) in [6, 6.07) is 0. The molecular weight excluding hydrogens is 320 g/mol. The molecule has 0 saturated carbocycles. The van der Waals surface area contributed by atoms with Gasteiger partial charge >= 0.3 is 0 Å². The zero-order chi connectivity index (χ0) is 15.7. The van der Waals surface area contributed by atoms with Gasteiger partial charge in [-0.3, -0.25) is 9.20 Å². The van der Waals surface area contributed by atoms with Crippen LogP contribution in [0.25, 0.3) is 4.96 Å². The third-order valence-electron chi connectivity index (χ3n) is 3.27. The Bertz CT molecular complexity index is 818. The number of carbonyl (C=O) groups excluding carboxylic acids is 1. The maximum Gasteiger partial charge on any atom is 0.270 e. The quantitative estimate of drug-likeness (QED) is 0.777. The van der Waals surface area contributed by atoms with E-state index in [4.69, 9.17) is 4.74 Å². The van der Waals surface area contributed by atoms with Crippen molar-refractivity contribution in [3.05, 3.63) is 38.5 Å². The second-order valence-corrected chi connectivity index (χ2v) is 6.87. The van der Waals surface area contributed by atoms with Crippen molar-refractivity contribution >= 4 is 33.5 Å². The zero-order valence-corrected chi connectivity index (χ0v) is 14.2. The summed E-state index contributed by atoms with van der Waals surface area (Å²) in [6.45, 7) is 4.75. The van der Waals surface area contributed by atoms with Crippen molar-refractivity contribution in [3.8, 4) is 0 Å². The van der Waals surface area contributed by atoms with Crippen molar-refractivity contribution in [2.45, 2.75) is 27.0 Å². The van der Waals surface area contributed by atoms with Crippen molar-refractivity contribution in [3.63, 3.8) is 0 Å². The highest BCUT2D eigenvalue weighted by Gasteiger charge is 2.17. The van der Waals surface area contributed by atoms with Gasteiger partial charge in [-0.2, -0.15) is 0 Å². The lowest BCUT2D eigenvalue weighted by Gasteiger charge is -2.04. The van der Waals surface area contributed by atoms with E-state index in [1.54, 1.807) is 18.4 Å². The molecule has 3 aromatic rings. The number of fused-ring (bicyclic) bond motifs is 1. The van der Waals surface area contributed by atoms with E-state index in [0.717, 1.165) is 26.2 Å². The van der Waals surface area contributed by atoms with E-state index in [-0.39, 0.29) is 5.91 Å². The van der Waals surface area contributed by atoms with Crippen molar-refractivity contribution in [1.82, 2.24) is 19.7 Å². The number of aryl methyl sites for hydroxylation is 2. The van der Waals surface area contributed by atoms with Gasteiger partial charge in [-0.1, -0.05) is 0 Å². The average molecular weight is 336 g/mol. The van der Waals surface area contributed by atoms with Gasteiger partial charge in [-0.05, 0) is 13.8 Å². The molecule has 3 aromatic heterocycles. The summed E-state index contributed by atoms with van der Waals surface area (Å²) in [5.41, 5.74) is 2.27. The fourth-order valence-corrected chi connectivity index (χ4v) is 3.99. The molecule has 0 aromatic carbocycles. The fourth-order valence-electron chi connectivity index (χ4n) is 2.25. The second-order valence-electron chi connectivity index (χ2n) is 4.83. The van der Waals surface area contributed by atoms with Crippen LogP contribution in [0.2, 0.25) is 0 Å². The Kier molecular flexibility index (Phi) is 4.23. The van der Waals surface area contributed by atoms with Crippen LogP contribution in [0, 0.1) is 13.8 Å². The predicted octanol–water partition coefficient (Wildman–Crippen LogP) is 2.55. The summed E-state index contributed by atoms with van der Waals surface area (Å²) in [6.07, 6.45) is 1.86. The van der Waals surface area contributed by atoms with Crippen LogP contribution in [0.15, 0.2) is 11.6 Å². The summed E-state index contributed by atoms with van der Waals surface area (Å²) in [5, 5.41) is 5.80. The monoisotopic (exact) mass is 336 g/mol. The highest BCUT2D eigenvalue weighted by Crippen LogP contribution is 2.20. The van der Waals surface area contributed by atoms with E-state index in [1.807, 2.05) is 29.8 Å². The van der Waals surface area contributed by atoms with Gasteiger partial charge in [0.15, 0.2) is 4.96 Å². The van der Waals surface area contributed by atoms with Crippen molar-refractivity contribution in [2.75, 3.05) is 7.11 Å². The minimum Gasteiger partial charge on any atom is -0.378 e. The van der Waals surface area contributed by atoms with Gasteiger partial charge < -0.3 is 10.1 Å². The number of methoxy groups -OCH3 is 1. The highest BCUT2D eigenvalue weighted by atomic mass is 32.1. The number of aromatic nitrogens is 3. The van der Waals surface area contributed by atoms with Crippen LogP contribution in [0.1, 0.15) is 31.8 Å². The molecule has 0 spiro atoms. The first-order valence-corrected chi connectivity index (χ1v) is 8.44. The fraction of sp³-hybridized carbons (Fsp3) is 0.357. The van der Waals surface area contributed by atoms with Crippen LogP contribution in [0.4, 0.5) is 0 Å². The summed E-state index contributed by atoms with van der Waals surface area (Å²) in [7, 11) is 1.65.